The zero-order valence-electron chi connectivity index (χ0n) is 12.1. The van der Waals surface area contributed by atoms with E-state index in [1.165, 1.54) is 0 Å². The number of ether oxygens (including phenoxy) is 1. The van der Waals surface area contributed by atoms with Crippen LogP contribution in [0.15, 0.2) is 41.8 Å². The zero-order valence-corrected chi connectivity index (χ0v) is 14.4. The van der Waals surface area contributed by atoms with Crippen LogP contribution in [0.2, 0.25) is 0 Å². The van der Waals surface area contributed by atoms with Crippen LogP contribution in [0.1, 0.15) is 11.3 Å². The Labute approximate surface area is 141 Å². The van der Waals surface area contributed by atoms with Gasteiger partial charge in [-0.05, 0) is 6.07 Å². The number of halogens is 1. The normalized spacial score (nSPS) is 11.0. The highest BCUT2D eigenvalue weighted by Gasteiger charge is 2.03. The van der Waals surface area contributed by atoms with Crippen molar-refractivity contribution in [3.05, 3.63) is 48.0 Å². The van der Waals surface area contributed by atoms with Gasteiger partial charge < -0.3 is 20.4 Å². The van der Waals surface area contributed by atoms with E-state index in [0.717, 1.165) is 16.9 Å². The van der Waals surface area contributed by atoms with E-state index in [4.69, 9.17) is 10.5 Å². The lowest BCUT2D eigenvalue weighted by Crippen LogP contribution is -2.23. The van der Waals surface area contributed by atoms with Gasteiger partial charge in [0.05, 0.1) is 31.4 Å². The van der Waals surface area contributed by atoms with Crippen LogP contribution in [0.3, 0.4) is 0 Å². The minimum Gasteiger partial charge on any atom is -0.380 e. The van der Waals surface area contributed by atoms with Crippen molar-refractivity contribution in [2.75, 3.05) is 12.4 Å². The summed E-state index contributed by atoms with van der Waals surface area (Å²) < 4.78 is 7.06. The lowest BCUT2D eigenvalue weighted by molar-refractivity contribution is 0.185. The van der Waals surface area contributed by atoms with Crippen molar-refractivity contribution in [1.82, 2.24) is 9.55 Å². The van der Waals surface area contributed by atoms with Gasteiger partial charge in [-0.3, -0.25) is 0 Å². The first-order chi connectivity index (χ1) is 9.70. The summed E-state index contributed by atoms with van der Waals surface area (Å²) in [5, 5.41) is 3.10. The fraction of sp³-hybridized carbons (Fsp3) is 0.286. The monoisotopic (exact) mass is 401 g/mol. The number of aryl methyl sites for hydroxylation is 1. The number of guanidine groups is 1. The number of para-hydroxylation sites is 1. The first kappa shape index (κ1) is 17.4. The molecule has 1 aromatic carbocycles. The molecular formula is C14H20IN5O. The highest BCUT2D eigenvalue weighted by Crippen LogP contribution is 2.15. The number of nitrogens with one attached hydrogen (secondary N) is 1. The molecule has 2 aromatic rings. The molecule has 0 unspecified atom stereocenters. The third kappa shape index (κ3) is 5.01. The second kappa shape index (κ2) is 8.63. The van der Waals surface area contributed by atoms with Crippen LogP contribution in [0.5, 0.6) is 0 Å². The van der Waals surface area contributed by atoms with E-state index >= 15 is 0 Å². The van der Waals surface area contributed by atoms with Crippen LogP contribution in [-0.2, 0) is 24.9 Å². The molecule has 2 rings (SSSR count). The summed E-state index contributed by atoms with van der Waals surface area (Å²) in [5.41, 5.74) is 8.84. The molecule has 21 heavy (non-hydrogen) atoms. The molecule has 0 radical (unpaired) electrons. The number of imidazole rings is 1. The minimum atomic E-state index is 0. The number of anilines is 1. The molecule has 0 amide bonds. The fourth-order valence-corrected chi connectivity index (χ4v) is 1.80. The van der Waals surface area contributed by atoms with Crippen LogP contribution in [0, 0.1) is 0 Å². The SMILES string of the molecule is COCc1ccccc1NC(N)=NCc1cncn1C.I. The molecule has 7 heteroatoms. The van der Waals surface area contributed by atoms with E-state index in [1.54, 1.807) is 19.6 Å². The predicted octanol–water partition coefficient (Wildman–Crippen LogP) is 2.11. The Hall–Kier alpha value is -1.61. The molecule has 1 heterocycles. The summed E-state index contributed by atoms with van der Waals surface area (Å²) in [6.07, 6.45) is 3.51. The summed E-state index contributed by atoms with van der Waals surface area (Å²) in [5.74, 6) is 0.370. The third-order valence-electron chi connectivity index (χ3n) is 2.91. The number of hydrogen-bond donors (Lipinski definition) is 2. The fourth-order valence-electron chi connectivity index (χ4n) is 1.80. The zero-order chi connectivity index (χ0) is 14.4. The highest BCUT2D eigenvalue weighted by molar-refractivity contribution is 14.0. The number of nitrogens with zero attached hydrogens (tertiary/aromatic N) is 3. The largest absolute Gasteiger partial charge is 0.380 e. The van der Waals surface area contributed by atoms with Gasteiger partial charge in [-0.2, -0.15) is 0 Å². The van der Waals surface area contributed by atoms with Crippen molar-refractivity contribution in [3.8, 4) is 0 Å². The Kier molecular flexibility index (Phi) is 7.17. The number of nitrogens with two attached hydrogens (primary N) is 1. The van der Waals surface area contributed by atoms with Crippen LogP contribution in [-0.4, -0.2) is 22.6 Å². The lowest BCUT2D eigenvalue weighted by atomic mass is 10.2. The second-order valence-electron chi connectivity index (χ2n) is 4.41. The Morgan fingerprint density at radius 1 is 1.43 bits per heavy atom. The minimum absolute atomic E-state index is 0. The van der Waals surface area contributed by atoms with Crippen molar-refractivity contribution >= 4 is 35.6 Å². The number of methoxy groups -OCH3 is 1. The van der Waals surface area contributed by atoms with Crippen molar-refractivity contribution in [2.45, 2.75) is 13.2 Å². The summed E-state index contributed by atoms with van der Waals surface area (Å²) in [4.78, 5) is 8.34. The van der Waals surface area contributed by atoms with Crippen LogP contribution in [0.25, 0.3) is 0 Å². The predicted molar refractivity (Wildman–Crippen MR) is 94.7 cm³/mol. The molecular weight excluding hydrogens is 381 g/mol. The third-order valence-corrected chi connectivity index (χ3v) is 2.91. The molecule has 6 nitrogen and oxygen atoms in total. The highest BCUT2D eigenvalue weighted by atomic mass is 127. The van der Waals surface area contributed by atoms with E-state index in [1.807, 2.05) is 35.9 Å². The lowest BCUT2D eigenvalue weighted by Gasteiger charge is -2.10. The Morgan fingerprint density at radius 2 is 2.19 bits per heavy atom. The van der Waals surface area contributed by atoms with Crippen molar-refractivity contribution in [2.24, 2.45) is 17.8 Å². The number of hydrogen-bond acceptors (Lipinski definition) is 3. The van der Waals surface area contributed by atoms with E-state index in [-0.39, 0.29) is 24.0 Å². The Balaban J connectivity index is 0.00000220. The topological polar surface area (TPSA) is 77.5 Å². The molecule has 0 aliphatic carbocycles. The molecule has 0 fully saturated rings. The smallest absolute Gasteiger partial charge is 0.193 e. The molecule has 0 spiro atoms. The molecule has 0 saturated carbocycles. The number of benzene rings is 1. The Morgan fingerprint density at radius 3 is 2.86 bits per heavy atom. The summed E-state index contributed by atoms with van der Waals surface area (Å²) in [6.45, 7) is 1.01. The molecule has 0 aliphatic rings. The van der Waals surface area contributed by atoms with E-state index < -0.39 is 0 Å². The summed E-state index contributed by atoms with van der Waals surface area (Å²) >= 11 is 0. The molecule has 114 valence electrons. The molecule has 3 N–H and O–H groups in total. The van der Waals surface area contributed by atoms with E-state index in [9.17, 15) is 0 Å². The average Bonchev–Trinajstić information content (AvgIpc) is 2.84. The van der Waals surface area contributed by atoms with Gasteiger partial charge in [-0.25, -0.2) is 9.98 Å². The van der Waals surface area contributed by atoms with Gasteiger partial charge in [0, 0.05) is 25.4 Å². The van der Waals surface area contributed by atoms with Gasteiger partial charge in [0.25, 0.3) is 0 Å². The van der Waals surface area contributed by atoms with Crippen molar-refractivity contribution < 1.29 is 4.74 Å². The van der Waals surface area contributed by atoms with Crippen molar-refractivity contribution in [3.63, 3.8) is 0 Å². The molecule has 0 saturated heterocycles. The van der Waals surface area contributed by atoms with Gasteiger partial charge in [-0.15, -0.1) is 24.0 Å². The maximum atomic E-state index is 5.91. The molecule has 0 bridgehead atoms. The quantitative estimate of drug-likeness (QED) is 0.457. The van der Waals surface area contributed by atoms with E-state index in [0.29, 0.717) is 19.1 Å². The van der Waals surface area contributed by atoms with Gasteiger partial charge in [0.2, 0.25) is 0 Å². The number of rotatable bonds is 5. The van der Waals surface area contributed by atoms with Gasteiger partial charge in [0.15, 0.2) is 5.96 Å². The van der Waals surface area contributed by atoms with E-state index in [2.05, 4.69) is 15.3 Å². The number of aliphatic imine (C=N–C) groups is 1. The van der Waals surface area contributed by atoms with Crippen LogP contribution >= 0.6 is 24.0 Å². The maximum Gasteiger partial charge on any atom is 0.193 e. The second-order valence-corrected chi connectivity index (χ2v) is 4.41. The Bertz CT molecular complexity index is 597. The van der Waals surface area contributed by atoms with Crippen molar-refractivity contribution in [1.29, 1.82) is 0 Å². The maximum absolute atomic E-state index is 5.91. The molecule has 1 aromatic heterocycles. The molecule has 0 aliphatic heterocycles. The summed E-state index contributed by atoms with van der Waals surface area (Å²) in [7, 11) is 3.59. The van der Waals surface area contributed by atoms with Crippen LogP contribution < -0.4 is 11.1 Å². The average molecular weight is 401 g/mol. The molecule has 0 atom stereocenters. The van der Waals surface area contributed by atoms with Gasteiger partial charge in [-0.1, -0.05) is 18.2 Å². The first-order valence-corrected chi connectivity index (χ1v) is 6.29. The summed E-state index contributed by atoms with van der Waals surface area (Å²) in [6, 6.07) is 7.83. The van der Waals surface area contributed by atoms with Crippen LogP contribution in [0.4, 0.5) is 5.69 Å². The standard InChI is InChI=1S/C14H19N5O.HI/c1-19-10-16-7-12(19)8-17-14(15)18-13-6-4-3-5-11(13)9-20-2;/h3-7,10H,8-9H2,1-2H3,(H3,15,17,18);1H. The first-order valence-electron chi connectivity index (χ1n) is 6.29. The van der Waals surface area contributed by atoms with Gasteiger partial charge in [0.1, 0.15) is 0 Å². The van der Waals surface area contributed by atoms with Gasteiger partial charge >= 0.3 is 0 Å². The number of aromatic nitrogens is 2.